The number of aliphatic hydroxyl groups excluding tert-OH is 1. The van der Waals surface area contributed by atoms with Gasteiger partial charge < -0.3 is 15.7 Å². The molecule has 0 aliphatic heterocycles. The molecule has 3 N–H and O–H groups in total. The maximum atomic E-state index is 11.9. The smallest absolute Gasteiger partial charge is 0.224 e. The number of hydrogen-bond acceptors (Lipinski definition) is 3. The summed E-state index contributed by atoms with van der Waals surface area (Å²) in [5, 5.41) is 8.72. The zero-order valence-electron chi connectivity index (χ0n) is 9.54. The highest BCUT2D eigenvalue weighted by Crippen LogP contribution is 2.32. The molecule has 1 aliphatic rings. The van der Waals surface area contributed by atoms with E-state index in [1.165, 1.54) is 0 Å². The number of hydrogen-bond donors (Lipinski definition) is 2. The SMILES string of the molecule is CCN(CCCO)C(=O)CC1(N)CCC1. The predicted octanol–water partition coefficient (Wildman–Crippen LogP) is 0.489. The van der Waals surface area contributed by atoms with Crippen molar-refractivity contribution in [2.75, 3.05) is 19.7 Å². The Morgan fingerprint density at radius 3 is 2.60 bits per heavy atom. The molecule has 1 aliphatic carbocycles. The van der Waals surface area contributed by atoms with Gasteiger partial charge in [-0.05, 0) is 32.6 Å². The average molecular weight is 214 g/mol. The highest BCUT2D eigenvalue weighted by Gasteiger charge is 2.35. The number of aliphatic hydroxyl groups is 1. The van der Waals surface area contributed by atoms with Gasteiger partial charge in [0, 0.05) is 31.7 Å². The number of nitrogens with zero attached hydrogens (tertiary/aromatic N) is 1. The third-order valence-electron chi connectivity index (χ3n) is 3.17. The third-order valence-corrected chi connectivity index (χ3v) is 3.17. The quantitative estimate of drug-likeness (QED) is 0.676. The minimum absolute atomic E-state index is 0.133. The van der Waals surface area contributed by atoms with Crippen LogP contribution in [0.4, 0.5) is 0 Å². The van der Waals surface area contributed by atoms with E-state index in [9.17, 15) is 4.79 Å². The lowest BCUT2D eigenvalue weighted by Gasteiger charge is -2.38. The topological polar surface area (TPSA) is 66.6 Å². The standard InChI is InChI=1S/C11H22N2O2/c1-2-13(7-4-8-14)10(15)9-11(12)5-3-6-11/h14H,2-9,12H2,1H3. The number of amides is 1. The van der Waals surface area contributed by atoms with E-state index in [2.05, 4.69) is 0 Å². The molecule has 0 bridgehead atoms. The average Bonchev–Trinajstić information content (AvgIpc) is 2.16. The fraction of sp³-hybridized carbons (Fsp3) is 0.909. The summed E-state index contributed by atoms with van der Waals surface area (Å²) in [5.74, 6) is 0.133. The minimum atomic E-state index is -0.232. The largest absolute Gasteiger partial charge is 0.396 e. The van der Waals surface area contributed by atoms with Crippen LogP contribution in [0.15, 0.2) is 0 Å². The van der Waals surface area contributed by atoms with Crippen molar-refractivity contribution >= 4 is 5.91 Å². The lowest BCUT2D eigenvalue weighted by atomic mass is 9.75. The molecule has 1 rings (SSSR count). The van der Waals surface area contributed by atoms with Crippen molar-refractivity contribution in [3.05, 3.63) is 0 Å². The Labute approximate surface area is 91.4 Å². The first kappa shape index (κ1) is 12.5. The summed E-state index contributed by atoms with van der Waals surface area (Å²) in [5.41, 5.74) is 5.80. The molecule has 0 heterocycles. The van der Waals surface area contributed by atoms with Gasteiger partial charge in [0.25, 0.3) is 0 Å². The van der Waals surface area contributed by atoms with E-state index in [0.717, 1.165) is 19.3 Å². The Hall–Kier alpha value is -0.610. The molecular formula is C11H22N2O2. The first-order valence-electron chi connectivity index (χ1n) is 5.79. The molecule has 1 saturated carbocycles. The van der Waals surface area contributed by atoms with Gasteiger partial charge in [-0.25, -0.2) is 0 Å². The van der Waals surface area contributed by atoms with Gasteiger partial charge in [0.2, 0.25) is 5.91 Å². The number of nitrogens with two attached hydrogens (primary N) is 1. The van der Waals surface area contributed by atoms with E-state index in [4.69, 9.17) is 10.8 Å². The number of carbonyl (C=O) groups excluding carboxylic acids is 1. The highest BCUT2D eigenvalue weighted by molar-refractivity contribution is 5.77. The van der Waals surface area contributed by atoms with E-state index in [1.807, 2.05) is 6.92 Å². The van der Waals surface area contributed by atoms with E-state index in [0.29, 0.717) is 25.9 Å². The molecule has 4 heteroatoms. The second-order valence-electron chi connectivity index (χ2n) is 4.44. The Kier molecular flexibility index (Phi) is 4.54. The summed E-state index contributed by atoms with van der Waals surface area (Å²) in [4.78, 5) is 13.6. The van der Waals surface area contributed by atoms with Crippen LogP contribution in [-0.2, 0) is 4.79 Å². The van der Waals surface area contributed by atoms with Crippen LogP contribution in [0.2, 0.25) is 0 Å². The predicted molar refractivity (Wildman–Crippen MR) is 59.3 cm³/mol. The molecule has 0 atom stereocenters. The van der Waals surface area contributed by atoms with Crippen LogP contribution in [0.5, 0.6) is 0 Å². The zero-order chi connectivity index (χ0) is 11.3. The molecule has 4 nitrogen and oxygen atoms in total. The van der Waals surface area contributed by atoms with Gasteiger partial charge in [0.05, 0.1) is 0 Å². The van der Waals surface area contributed by atoms with Crippen LogP contribution in [-0.4, -0.2) is 41.1 Å². The van der Waals surface area contributed by atoms with Crippen LogP contribution >= 0.6 is 0 Å². The molecule has 0 spiro atoms. The Balaban J connectivity index is 2.35. The van der Waals surface area contributed by atoms with Gasteiger partial charge in [-0.2, -0.15) is 0 Å². The molecule has 88 valence electrons. The third kappa shape index (κ3) is 3.47. The van der Waals surface area contributed by atoms with Crippen molar-refractivity contribution in [3.8, 4) is 0 Å². The first-order valence-corrected chi connectivity index (χ1v) is 5.79. The van der Waals surface area contributed by atoms with Crippen molar-refractivity contribution in [1.29, 1.82) is 0 Å². The second kappa shape index (κ2) is 5.47. The lowest BCUT2D eigenvalue weighted by Crippen LogP contribution is -2.50. The molecule has 0 radical (unpaired) electrons. The summed E-state index contributed by atoms with van der Waals surface area (Å²) in [7, 11) is 0. The second-order valence-corrected chi connectivity index (χ2v) is 4.44. The van der Waals surface area contributed by atoms with Gasteiger partial charge >= 0.3 is 0 Å². The van der Waals surface area contributed by atoms with Crippen LogP contribution < -0.4 is 5.73 Å². The summed E-state index contributed by atoms with van der Waals surface area (Å²) in [6.45, 7) is 3.44. The molecule has 1 amide bonds. The van der Waals surface area contributed by atoms with Gasteiger partial charge in [-0.15, -0.1) is 0 Å². The molecule has 0 unspecified atom stereocenters. The summed E-state index contributed by atoms with van der Waals surface area (Å²) < 4.78 is 0. The van der Waals surface area contributed by atoms with Gasteiger partial charge in [-0.1, -0.05) is 0 Å². The normalized spacial score (nSPS) is 18.3. The molecule has 1 fully saturated rings. The fourth-order valence-electron chi connectivity index (χ4n) is 1.94. The summed E-state index contributed by atoms with van der Waals surface area (Å²) >= 11 is 0. The maximum absolute atomic E-state index is 11.9. The molecule has 0 aromatic carbocycles. The van der Waals surface area contributed by atoms with Gasteiger partial charge in [0.1, 0.15) is 0 Å². The minimum Gasteiger partial charge on any atom is -0.396 e. The molecule has 15 heavy (non-hydrogen) atoms. The van der Waals surface area contributed by atoms with E-state index >= 15 is 0 Å². The molecule has 0 saturated heterocycles. The van der Waals surface area contributed by atoms with E-state index in [-0.39, 0.29) is 18.1 Å². The van der Waals surface area contributed by atoms with Crippen molar-refractivity contribution in [2.24, 2.45) is 5.73 Å². The Morgan fingerprint density at radius 1 is 1.53 bits per heavy atom. The fourth-order valence-corrected chi connectivity index (χ4v) is 1.94. The van der Waals surface area contributed by atoms with Crippen molar-refractivity contribution < 1.29 is 9.90 Å². The lowest BCUT2D eigenvalue weighted by molar-refractivity contribution is -0.133. The van der Waals surface area contributed by atoms with Crippen molar-refractivity contribution in [1.82, 2.24) is 4.90 Å². The Bertz CT molecular complexity index is 215. The Morgan fingerprint density at radius 2 is 2.20 bits per heavy atom. The zero-order valence-corrected chi connectivity index (χ0v) is 9.54. The summed E-state index contributed by atoms with van der Waals surface area (Å²) in [6.07, 6.45) is 4.20. The molecule has 0 aromatic rings. The number of carbonyl (C=O) groups is 1. The summed E-state index contributed by atoms with van der Waals surface area (Å²) in [6, 6.07) is 0. The number of rotatable bonds is 6. The molecule has 0 aromatic heterocycles. The highest BCUT2D eigenvalue weighted by atomic mass is 16.3. The maximum Gasteiger partial charge on any atom is 0.224 e. The van der Waals surface area contributed by atoms with Crippen molar-refractivity contribution in [3.63, 3.8) is 0 Å². The van der Waals surface area contributed by atoms with Crippen LogP contribution in [0.25, 0.3) is 0 Å². The molecular weight excluding hydrogens is 192 g/mol. The van der Waals surface area contributed by atoms with Crippen LogP contribution in [0.3, 0.4) is 0 Å². The van der Waals surface area contributed by atoms with Crippen LogP contribution in [0, 0.1) is 0 Å². The monoisotopic (exact) mass is 214 g/mol. The van der Waals surface area contributed by atoms with Crippen LogP contribution in [0.1, 0.15) is 39.0 Å². The van der Waals surface area contributed by atoms with E-state index in [1.54, 1.807) is 4.90 Å². The van der Waals surface area contributed by atoms with Gasteiger partial charge in [-0.3, -0.25) is 4.79 Å². The van der Waals surface area contributed by atoms with Gasteiger partial charge in [0.15, 0.2) is 0 Å². The van der Waals surface area contributed by atoms with Crippen molar-refractivity contribution in [2.45, 2.75) is 44.6 Å². The van der Waals surface area contributed by atoms with E-state index < -0.39 is 0 Å². The first-order chi connectivity index (χ1) is 7.11.